The van der Waals surface area contributed by atoms with Crippen molar-refractivity contribution in [3.63, 3.8) is 0 Å². The van der Waals surface area contributed by atoms with Crippen LogP contribution in [0.25, 0.3) is 0 Å². The molecule has 0 bridgehead atoms. The average Bonchev–Trinajstić information content (AvgIpc) is 2.27. The number of ether oxygens (including phenoxy) is 1. The smallest absolute Gasteiger partial charge is 0.0801 e. The zero-order valence-electron chi connectivity index (χ0n) is 11.0. The van der Waals surface area contributed by atoms with Crippen molar-refractivity contribution in [1.29, 1.82) is 0 Å². The number of morpholine rings is 1. The number of nitrogens with zero attached hydrogens (tertiary/aromatic N) is 1. The molecule has 1 fully saturated rings. The molecule has 0 radical (unpaired) electrons. The first kappa shape index (κ1) is 12.4. The lowest BCUT2D eigenvalue weighted by Crippen LogP contribution is -2.48. The summed E-state index contributed by atoms with van der Waals surface area (Å²) in [5.41, 5.74) is 9.51. The van der Waals surface area contributed by atoms with Crippen molar-refractivity contribution in [2.45, 2.75) is 32.9 Å². The fourth-order valence-corrected chi connectivity index (χ4v) is 2.41. The van der Waals surface area contributed by atoms with E-state index in [1.165, 1.54) is 16.8 Å². The summed E-state index contributed by atoms with van der Waals surface area (Å²) in [5, 5.41) is 0. The lowest BCUT2D eigenvalue weighted by Gasteiger charge is -2.40. The summed E-state index contributed by atoms with van der Waals surface area (Å²) in [6.07, 6.45) is 0. The lowest BCUT2D eigenvalue weighted by atomic mass is 10.0. The summed E-state index contributed by atoms with van der Waals surface area (Å²) >= 11 is 0. The number of rotatable bonds is 2. The Morgan fingerprint density at radius 2 is 2.18 bits per heavy atom. The topological polar surface area (TPSA) is 38.5 Å². The molecule has 3 heteroatoms. The van der Waals surface area contributed by atoms with Crippen LogP contribution in [0.4, 0.5) is 5.69 Å². The Hall–Kier alpha value is -1.06. The standard InChI is InChI=1S/C14H22N2O/c1-11-4-5-13(12(8-11)9-15)16-6-7-17-14(2,3)10-16/h4-5,8H,6-7,9-10,15H2,1-3H3. The van der Waals surface area contributed by atoms with Crippen molar-refractivity contribution < 1.29 is 4.74 Å². The van der Waals surface area contributed by atoms with Crippen LogP contribution in [0.3, 0.4) is 0 Å². The van der Waals surface area contributed by atoms with Gasteiger partial charge in [0, 0.05) is 25.3 Å². The molecule has 0 unspecified atom stereocenters. The Kier molecular flexibility index (Phi) is 3.40. The summed E-state index contributed by atoms with van der Waals surface area (Å²) in [6, 6.07) is 6.51. The van der Waals surface area contributed by atoms with E-state index >= 15 is 0 Å². The van der Waals surface area contributed by atoms with Gasteiger partial charge in [-0.1, -0.05) is 17.7 Å². The summed E-state index contributed by atoms with van der Waals surface area (Å²) in [4.78, 5) is 2.38. The van der Waals surface area contributed by atoms with Crippen LogP contribution in [0.5, 0.6) is 0 Å². The van der Waals surface area contributed by atoms with Gasteiger partial charge in [0.25, 0.3) is 0 Å². The summed E-state index contributed by atoms with van der Waals surface area (Å²) in [6.45, 7) is 9.61. The maximum absolute atomic E-state index is 5.84. The Bertz CT molecular complexity index is 401. The number of aryl methyl sites for hydroxylation is 1. The van der Waals surface area contributed by atoms with Crippen LogP contribution in [-0.2, 0) is 11.3 Å². The maximum atomic E-state index is 5.84. The Morgan fingerprint density at radius 3 is 2.82 bits per heavy atom. The average molecular weight is 234 g/mol. The first-order valence-corrected chi connectivity index (χ1v) is 6.20. The highest BCUT2D eigenvalue weighted by Crippen LogP contribution is 2.26. The van der Waals surface area contributed by atoms with Crippen molar-refractivity contribution in [1.82, 2.24) is 0 Å². The minimum absolute atomic E-state index is 0.0744. The second kappa shape index (κ2) is 4.67. The number of anilines is 1. The van der Waals surface area contributed by atoms with E-state index < -0.39 is 0 Å². The molecule has 0 spiro atoms. The number of nitrogens with two attached hydrogens (primary N) is 1. The molecule has 1 aliphatic rings. The van der Waals surface area contributed by atoms with E-state index in [9.17, 15) is 0 Å². The second-order valence-corrected chi connectivity index (χ2v) is 5.37. The highest BCUT2D eigenvalue weighted by atomic mass is 16.5. The van der Waals surface area contributed by atoms with Gasteiger partial charge in [-0.2, -0.15) is 0 Å². The first-order chi connectivity index (χ1) is 8.02. The third-order valence-corrected chi connectivity index (χ3v) is 3.22. The van der Waals surface area contributed by atoms with E-state index in [0.29, 0.717) is 6.54 Å². The molecular formula is C14H22N2O. The van der Waals surface area contributed by atoms with E-state index in [0.717, 1.165) is 19.7 Å². The van der Waals surface area contributed by atoms with Crippen LogP contribution in [0.1, 0.15) is 25.0 Å². The highest BCUT2D eigenvalue weighted by Gasteiger charge is 2.28. The molecule has 3 nitrogen and oxygen atoms in total. The van der Waals surface area contributed by atoms with E-state index in [2.05, 4.69) is 43.9 Å². The van der Waals surface area contributed by atoms with Crippen LogP contribution < -0.4 is 10.6 Å². The number of hydrogen-bond donors (Lipinski definition) is 1. The fourth-order valence-electron chi connectivity index (χ4n) is 2.41. The molecule has 17 heavy (non-hydrogen) atoms. The Labute approximate surface area is 104 Å². The van der Waals surface area contributed by atoms with Crippen LogP contribution >= 0.6 is 0 Å². The van der Waals surface area contributed by atoms with Gasteiger partial charge in [0.05, 0.1) is 12.2 Å². The van der Waals surface area contributed by atoms with Crippen LogP contribution in [0.15, 0.2) is 18.2 Å². The van der Waals surface area contributed by atoms with Crippen molar-refractivity contribution in [2.24, 2.45) is 5.73 Å². The molecule has 2 N–H and O–H groups in total. The summed E-state index contributed by atoms with van der Waals surface area (Å²) in [5.74, 6) is 0. The normalized spacial score (nSPS) is 19.4. The molecule has 1 aliphatic heterocycles. The molecule has 0 atom stereocenters. The van der Waals surface area contributed by atoms with Crippen molar-refractivity contribution in [3.05, 3.63) is 29.3 Å². The van der Waals surface area contributed by atoms with Gasteiger partial charge in [0.15, 0.2) is 0 Å². The molecule has 0 saturated carbocycles. The fraction of sp³-hybridized carbons (Fsp3) is 0.571. The minimum atomic E-state index is -0.0744. The SMILES string of the molecule is Cc1ccc(N2CCOC(C)(C)C2)c(CN)c1. The van der Waals surface area contributed by atoms with E-state index in [4.69, 9.17) is 10.5 Å². The predicted octanol–water partition coefficient (Wildman–Crippen LogP) is 2.07. The third-order valence-electron chi connectivity index (χ3n) is 3.22. The van der Waals surface area contributed by atoms with Gasteiger partial charge in [-0.25, -0.2) is 0 Å². The highest BCUT2D eigenvalue weighted by molar-refractivity contribution is 5.55. The van der Waals surface area contributed by atoms with Crippen LogP contribution in [-0.4, -0.2) is 25.3 Å². The van der Waals surface area contributed by atoms with Gasteiger partial charge >= 0.3 is 0 Å². The quantitative estimate of drug-likeness (QED) is 0.851. The van der Waals surface area contributed by atoms with E-state index in [1.54, 1.807) is 0 Å². The van der Waals surface area contributed by atoms with Gasteiger partial charge in [-0.15, -0.1) is 0 Å². The Morgan fingerprint density at radius 1 is 1.41 bits per heavy atom. The van der Waals surface area contributed by atoms with Gasteiger partial charge < -0.3 is 15.4 Å². The van der Waals surface area contributed by atoms with Crippen molar-refractivity contribution >= 4 is 5.69 Å². The summed E-state index contributed by atoms with van der Waals surface area (Å²) in [7, 11) is 0. The molecule has 1 aromatic carbocycles. The van der Waals surface area contributed by atoms with Crippen LogP contribution in [0, 0.1) is 6.92 Å². The van der Waals surface area contributed by atoms with Gasteiger partial charge in [0.2, 0.25) is 0 Å². The molecule has 1 saturated heterocycles. The van der Waals surface area contributed by atoms with Gasteiger partial charge in [-0.05, 0) is 32.4 Å². The molecule has 1 aromatic rings. The number of hydrogen-bond acceptors (Lipinski definition) is 3. The summed E-state index contributed by atoms with van der Waals surface area (Å²) < 4.78 is 5.74. The molecule has 2 rings (SSSR count). The predicted molar refractivity (Wildman–Crippen MR) is 71.3 cm³/mol. The monoisotopic (exact) mass is 234 g/mol. The van der Waals surface area contributed by atoms with E-state index in [-0.39, 0.29) is 5.60 Å². The Balaban J connectivity index is 2.27. The second-order valence-electron chi connectivity index (χ2n) is 5.37. The molecular weight excluding hydrogens is 212 g/mol. The molecule has 0 aromatic heterocycles. The van der Waals surface area contributed by atoms with Gasteiger partial charge in [0.1, 0.15) is 0 Å². The number of benzene rings is 1. The zero-order valence-corrected chi connectivity index (χ0v) is 11.0. The van der Waals surface area contributed by atoms with E-state index in [1.807, 2.05) is 0 Å². The van der Waals surface area contributed by atoms with Crippen molar-refractivity contribution in [3.8, 4) is 0 Å². The zero-order chi connectivity index (χ0) is 12.5. The first-order valence-electron chi connectivity index (χ1n) is 6.20. The molecule has 0 amide bonds. The van der Waals surface area contributed by atoms with Crippen LogP contribution in [0.2, 0.25) is 0 Å². The largest absolute Gasteiger partial charge is 0.372 e. The molecule has 94 valence electrons. The minimum Gasteiger partial charge on any atom is -0.372 e. The lowest BCUT2D eigenvalue weighted by molar-refractivity contribution is -0.0277. The molecule has 0 aliphatic carbocycles. The maximum Gasteiger partial charge on any atom is 0.0801 e. The van der Waals surface area contributed by atoms with Crippen molar-refractivity contribution in [2.75, 3.05) is 24.6 Å². The van der Waals surface area contributed by atoms with Gasteiger partial charge in [-0.3, -0.25) is 0 Å². The third kappa shape index (κ3) is 2.79. The molecule has 1 heterocycles.